The molecular weight excluding hydrogens is 160 g/mol. The largest absolute Gasteiger partial charge is 0.330 e. The highest BCUT2D eigenvalue weighted by atomic mass is 14.9. The van der Waals surface area contributed by atoms with Gasteiger partial charge in [-0.2, -0.15) is 0 Å². The number of nitrogens with one attached hydrogen (secondary N) is 1. The second kappa shape index (κ2) is 4.43. The van der Waals surface area contributed by atoms with E-state index < -0.39 is 0 Å². The fourth-order valence-corrected chi connectivity index (χ4v) is 1.67. The van der Waals surface area contributed by atoms with Crippen LogP contribution in [-0.4, -0.2) is 19.6 Å². The molecule has 0 aliphatic heterocycles. The molecule has 0 amide bonds. The summed E-state index contributed by atoms with van der Waals surface area (Å²) in [5.41, 5.74) is 6.16. The Hall–Kier alpha value is -0.0800. The predicted molar refractivity (Wildman–Crippen MR) is 57.6 cm³/mol. The Morgan fingerprint density at radius 2 is 2.15 bits per heavy atom. The van der Waals surface area contributed by atoms with E-state index >= 15 is 0 Å². The van der Waals surface area contributed by atoms with Crippen molar-refractivity contribution in [1.82, 2.24) is 5.32 Å². The highest BCUT2D eigenvalue weighted by Gasteiger charge is 2.44. The molecule has 3 N–H and O–H groups in total. The van der Waals surface area contributed by atoms with Gasteiger partial charge in [0.2, 0.25) is 0 Å². The molecule has 1 aliphatic rings. The van der Waals surface area contributed by atoms with Crippen LogP contribution in [0.5, 0.6) is 0 Å². The molecule has 1 saturated carbocycles. The highest BCUT2D eigenvalue weighted by molar-refractivity contribution is 4.95. The number of nitrogens with two attached hydrogens (primary N) is 1. The average molecular weight is 184 g/mol. The normalized spacial score (nSPS) is 27.2. The van der Waals surface area contributed by atoms with Gasteiger partial charge < -0.3 is 11.1 Å². The maximum atomic E-state index is 5.54. The molecule has 0 aromatic rings. The molecule has 1 fully saturated rings. The van der Waals surface area contributed by atoms with Crippen molar-refractivity contribution >= 4 is 0 Å². The van der Waals surface area contributed by atoms with Crippen LogP contribution in [0, 0.1) is 17.3 Å². The molecule has 1 rings (SSSR count). The van der Waals surface area contributed by atoms with Crippen LogP contribution in [0.3, 0.4) is 0 Å². The molecule has 1 aliphatic carbocycles. The van der Waals surface area contributed by atoms with Gasteiger partial charge in [-0.15, -0.1) is 0 Å². The first-order chi connectivity index (χ1) is 6.06. The number of rotatable bonds is 6. The fourth-order valence-electron chi connectivity index (χ4n) is 1.67. The molecule has 0 radical (unpaired) electrons. The Kier molecular flexibility index (Phi) is 3.74. The molecule has 0 heterocycles. The average Bonchev–Trinajstić information content (AvgIpc) is 2.67. The molecule has 0 spiro atoms. The maximum Gasteiger partial charge on any atom is -0.00152 e. The molecule has 2 unspecified atom stereocenters. The van der Waals surface area contributed by atoms with Gasteiger partial charge in [0.05, 0.1) is 0 Å². The standard InChI is InChI=1S/C11H24N2/c1-9(7-12)4-5-13-8-10-6-11(10,2)3/h9-10,13H,4-8,12H2,1-3H3. The summed E-state index contributed by atoms with van der Waals surface area (Å²) in [6.07, 6.45) is 2.61. The van der Waals surface area contributed by atoms with Crippen molar-refractivity contribution in [1.29, 1.82) is 0 Å². The topological polar surface area (TPSA) is 38.0 Å². The van der Waals surface area contributed by atoms with Gasteiger partial charge in [-0.05, 0) is 49.7 Å². The molecule has 13 heavy (non-hydrogen) atoms. The first-order valence-electron chi connectivity index (χ1n) is 5.47. The minimum Gasteiger partial charge on any atom is -0.330 e. The molecule has 0 bridgehead atoms. The summed E-state index contributed by atoms with van der Waals surface area (Å²) < 4.78 is 0. The Balaban J connectivity index is 1.91. The van der Waals surface area contributed by atoms with Crippen LogP contribution in [0.1, 0.15) is 33.6 Å². The van der Waals surface area contributed by atoms with E-state index in [2.05, 4.69) is 26.1 Å². The van der Waals surface area contributed by atoms with Crippen molar-refractivity contribution in [2.45, 2.75) is 33.6 Å². The Bertz CT molecular complexity index is 154. The minimum atomic E-state index is 0.618. The number of hydrogen-bond donors (Lipinski definition) is 2. The molecule has 78 valence electrons. The SMILES string of the molecule is CC(CN)CCNCC1CC1(C)C. The van der Waals surface area contributed by atoms with Crippen LogP contribution in [-0.2, 0) is 0 Å². The van der Waals surface area contributed by atoms with Gasteiger partial charge in [-0.3, -0.25) is 0 Å². The predicted octanol–water partition coefficient (Wildman–Crippen LogP) is 1.61. The lowest BCUT2D eigenvalue weighted by Crippen LogP contribution is -2.23. The second-order valence-corrected chi connectivity index (χ2v) is 5.22. The van der Waals surface area contributed by atoms with Crippen LogP contribution in [0.25, 0.3) is 0 Å². The van der Waals surface area contributed by atoms with Gasteiger partial charge in [0.15, 0.2) is 0 Å². The summed E-state index contributed by atoms with van der Waals surface area (Å²) in [6.45, 7) is 10.1. The van der Waals surface area contributed by atoms with E-state index in [1.165, 1.54) is 19.4 Å². The van der Waals surface area contributed by atoms with Crippen LogP contribution < -0.4 is 11.1 Å². The van der Waals surface area contributed by atoms with Gasteiger partial charge in [0, 0.05) is 0 Å². The smallest absolute Gasteiger partial charge is 0.00152 e. The van der Waals surface area contributed by atoms with Crippen molar-refractivity contribution in [3.63, 3.8) is 0 Å². The molecule has 0 saturated heterocycles. The zero-order chi connectivity index (χ0) is 9.90. The first-order valence-corrected chi connectivity index (χ1v) is 5.47. The summed E-state index contributed by atoms with van der Waals surface area (Å²) in [5.74, 6) is 1.58. The Labute approximate surface area is 82.3 Å². The molecule has 2 atom stereocenters. The van der Waals surface area contributed by atoms with Crippen molar-refractivity contribution in [2.24, 2.45) is 23.0 Å². The zero-order valence-corrected chi connectivity index (χ0v) is 9.27. The molecule has 2 nitrogen and oxygen atoms in total. The van der Waals surface area contributed by atoms with E-state index in [9.17, 15) is 0 Å². The first kappa shape index (κ1) is 11.0. The van der Waals surface area contributed by atoms with Gasteiger partial charge in [0.25, 0.3) is 0 Å². The van der Waals surface area contributed by atoms with Crippen molar-refractivity contribution in [3.05, 3.63) is 0 Å². The highest BCUT2D eigenvalue weighted by Crippen LogP contribution is 2.50. The third-order valence-electron chi connectivity index (χ3n) is 3.32. The van der Waals surface area contributed by atoms with E-state index in [0.29, 0.717) is 11.3 Å². The minimum absolute atomic E-state index is 0.618. The van der Waals surface area contributed by atoms with Crippen LogP contribution >= 0.6 is 0 Å². The Morgan fingerprint density at radius 1 is 1.54 bits per heavy atom. The maximum absolute atomic E-state index is 5.54. The van der Waals surface area contributed by atoms with E-state index in [1.54, 1.807) is 0 Å². The third-order valence-corrected chi connectivity index (χ3v) is 3.32. The van der Waals surface area contributed by atoms with E-state index in [-0.39, 0.29) is 0 Å². The summed E-state index contributed by atoms with van der Waals surface area (Å²) >= 11 is 0. The van der Waals surface area contributed by atoms with Crippen LogP contribution in [0.15, 0.2) is 0 Å². The van der Waals surface area contributed by atoms with Crippen LogP contribution in [0.2, 0.25) is 0 Å². The second-order valence-electron chi connectivity index (χ2n) is 5.22. The lowest BCUT2D eigenvalue weighted by atomic mass is 10.1. The number of hydrogen-bond acceptors (Lipinski definition) is 2. The van der Waals surface area contributed by atoms with Crippen molar-refractivity contribution in [2.75, 3.05) is 19.6 Å². The summed E-state index contributed by atoms with van der Waals surface area (Å²) in [6, 6.07) is 0. The fraction of sp³-hybridized carbons (Fsp3) is 1.00. The van der Waals surface area contributed by atoms with Gasteiger partial charge in [0.1, 0.15) is 0 Å². The lowest BCUT2D eigenvalue weighted by Gasteiger charge is -2.09. The summed E-state index contributed by atoms with van der Waals surface area (Å²) in [5, 5.41) is 3.51. The van der Waals surface area contributed by atoms with Gasteiger partial charge in [-0.1, -0.05) is 20.8 Å². The summed E-state index contributed by atoms with van der Waals surface area (Å²) in [4.78, 5) is 0. The monoisotopic (exact) mass is 184 g/mol. The zero-order valence-electron chi connectivity index (χ0n) is 9.27. The van der Waals surface area contributed by atoms with Gasteiger partial charge in [-0.25, -0.2) is 0 Å². The molecule has 0 aromatic heterocycles. The quantitative estimate of drug-likeness (QED) is 0.615. The van der Waals surface area contributed by atoms with Crippen molar-refractivity contribution in [3.8, 4) is 0 Å². The third kappa shape index (κ3) is 3.65. The van der Waals surface area contributed by atoms with Crippen molar-refractivity contribution < 1.29 is 0 Å². The van der Waals surface area contributed by atoms with E-state index in [4.69, 9.17) is 5.73 Å². The summed E-state index contributed by atoms with van der Waals surface area (Å²) in [7, 11) is 0. The van der Waals surface area contributed by atoms with Crippen LogP contribution in [0.4, 0.5) is 0 Å². The molecule has 2 heteroatoms. The van der Waals surface area contributed by atoms with E-state index in [0.717, 1.165) is 19.0 Å². The van der Waals surface area contributed by atoms with E-state index in [1.807, 2.05) is 0 Å². The molecular formula is C11H24N2. The molecule has 0 aromatic carbocycles. The lowest BCUT2D eigenvalue weighted by molar-refractivity contribution is 0.477. The van der Waals surface area contributed by atoms with Gasteiger partial charge >= 0.3 is 0 Å². The Morgan fingerprint density at radius 3 is 2.62 bits per heavy atom.